The Morgan fingerprint density at radius 3 is 2.84 bits per heavy atom. The molecule has 136 valence electrons. The van der Waals surface area contributed by atoms with Crippen LogP contribution in [0.4, 0.5) is 0 Å². The highest BCUT2D eigenvalue weighted by Crippen LogP contribution is 2.20. The predicted octanol–water partition coefficient (Wildman–Crippen LogP) is 2.05. The largest absolute Gasteiger partial charge is 0.353 e. The summed E-state index contributed by atoms with van der Waals surface area (Å²) in [5, 5.41) is 9.81. The Balaban J connectivity index is 1.88. The molecule has 0 aromatic carbocycles. The van der Waals surface area contributed by atoms with E-state index in [1.165, 1.54) is 4.88 Å². The van der Waals surface area contributed by atoms with Crippen LogP contribution in [-0.2, 0) is 23.2 Å². The summed E-state index contributed by atoms with van der Waals surface area (Å²) in [4.78, 5) is 20.7. The van der Waals surface area contributed by atoms with Crippen LogP contribution in [0.25, 0.3) is 0 Å². The second-order valence-electron chi connectivity index (χ2n) is 7.42. The van der Waals surface area contributed by atoms with E-state index in [4.69, 9.17) is 10.1 Å². The van der Waals surface area contributed by atoms with E-state index in [9.17, 15) is 4.79 Å². The summed E-state index contributed by atoms with van der Waals surface area (Å²) in [7, 11) is 0. The third-order valence-corrected chi connectivity index (χ3v) is 5.37. The van der Waals surface area contributed by atoms with Crippen LogP contribution in [0.15, 0.2) is 17.5 Å². The molecule has 3 rings (SSSR count). The van der Waals surface area contributed by atoms with Gasteiger partial charge in [-0.25, -0.2) is 9.67 Å². The Hall–Kier alpha value is -1.73. The summed E-state index contributed by atoms with van der Waals surface area (Å²) in [6.07, 6.45) is 1.33. The van der Waals surface area contributed by atoms with Gasteiger partial charge in [0.15, 0.2) is 5.82 Å². The van der Waals surface area contributed by atoms with Gasteiger partial charge in [-0.2, -0.15) is 5.10 Å². The van der Waals surface area contributed by atoms with Gasteiger partial charge in [0, 0.05) is 30.8 Å². The lowest BCUT2D eigenvalue weighted by Crippen LogP contribution is -2.56. The third kappa shape index (κ3) is 4.10. The van der Waals surface area contributed by atoms with Gasteiger partial charge in [0.05, 0.1) is 11.6 Å². The quantitative estimate of drug-likeness (QED) is 0.885. The molecule has 2 aromatic rings. The van der Waals surface area contributed by atoms with Crippen molar-refractivity contribution >= 4 is 17.2 Å². The monoisotopic (exact) mass is 361 g/mol. The molecule has 25 heavy (non-hydrogen) atoms. The normalized spacial score (nSPS) is 19.2. The molecule has 0 spiro atoms. The van der Waals surface area contributed by atoms with Gasteiger partial charge in [0.1, 0.15) is 5.82 Å². The minimum absolute atomic E-state index is 0.0939. The van der Waals surface area contributed by atoms with Crippen molar-refractivity contribution in [1.29, 1.82) is 0 Å². The Kier molecular flexibility index (Phi) is 5.24. The zero-order valence-electron chi connectivity index (χ0n) is 15.5. The molecule has 0 radical (unpaired) electrons. The van der Waals surface area contributed by atoms with Crippen molar-refractivity contribution in [1.82, 2.24) is 25.0 Å². The van der Waals surface area contributed by atoms with E-state index < -0.39 is 0 Å². The van der Waals surface area contributed by atoms with Crippen molar-refractivity contribution < 1.29 is 4.79 Å². The Morgan fingerprint density at radius 2 is 2.20 bits per heavy atom. The molecular formula is C18H27N5OS. The number of hydrogen-bond donors (Lipinski definition) is 1. The fourth-order valence-electron chi connectivity index (χ4n) is 3.24. The lowest BCUT2D eigenvalue weighted by Gasteiger charge is -2.34. The highest BCUT2D eigenvalue weighted by atomic mass is 32.1. The number of nitrogens with one attached hydrogen (secondary N) is 1. The van der Waals surface area contributed by atoms with Crippen LogP contribution in [0.5, 0.6) is 0 Å². The maximum absolute atomic E-state index is 12.4. The van der Waals surface area contributed by atoms with Crippen LogP contribution in [0, 0.1) is 0 Å². The number of nitrogens with zero attached hydrogens (tertiary/aromatic N) is 4. The number of amides is 1. The topological polar surface area (TPSA) is 63.1 Å². The van der Waals surface area contributed by atoms with Crippen molar-refractivity contribution in [3.05, 3.63) is 34.0 Å². The standard InChI is InChI=1S/C18H27N5OS/c1-5-22-9-8-19-17(24)14(22)12-16-20-15(11-13-7-6-10-25-13)21-23(16)18(2,3)4/h6-7,10,14H,5,8-9,11-12H2,1-4H3,(H,19,24)/t14-/m0/s1. The number of piperazine rings is 1. The fourth-order valence-corrected chi connectivity index (χ4v) is 3.94. The molecule has 1 aliphatic heterocycles. The van der Waals surface area contributed by atoms with E-state index in [0.29, 0.717) is 6.42 Å². The average Bonchev–Trinajstić information content (AvgIpc) is 3.19. The number of carbonyl (C=O) groups excluding carboxylic acids is 1. The van der Waals surface area contributed by atoms with E-state index in [2.05, 4.69) is 49.4 Å². The number of rotatable bonds is 5. The number of carbonyl (C=O) groups is 1. The van der Waals surface area contributed by atoms with Crippen molar-refractivity contribution in [2.45, 2.75) is 52.1 Å². The molecule has 1 N–H and O–H groups in total. The zero-order chi connectivity index (χ0) is 18.0. The summed E-state index contributed by atoms with van der Waals surface area (Å²) in [5.41, 5.74) is -0.168. The van der Waals surface area contributed by atoms with E-state index in [0.717, 1.165) is 37.7 Å². The van der Waals surface area contributed by atoms with Crippen LogP contribution in [0.1, 0.15) is 44.2 Å². The molecular weight excluding hydrogens is 334 g/mol. The van der Waals surface area contributed by atoms with Crippen molar-refractivity contribution in [2.24, 2.45) is 0 Å². The van der Waals surface area contributed by atoms with Gasteiger partial charge in [0.2, 0.25) is 5.91 Å². The first-order valence-electron chi connectivity index (χ1n) is 8.88. The smallest absolute Gasteiger partial charge is 0.237 e. The SMILES string of the molecule is CCN1CCNC(=O)[C@@H]1Cc1nc(Cc2cccs2)nn1C(C)(C)C. The summed E-state index contributed by atoms with van der Waals surface area (Å²) in [6.45, 7) is 10.9. The molecule has 1 amide bonds. The number of aromatic nitrogens is 3. The van der Waals surface area contributed by atoms with Gasteiger partial charge in [-0.15, -0.1) is 11.3 Å². The maximum Gasteiger partial charge on any atom is 0.237 e. The van der Waals surface area contributed by atoms with Crippen LogP contribution in [0.3, 0.4) is 0 Å². The minimum Gasteiger partial charge on any atom is -0.353 e. The van der Waals surface area contributed by atoms with E-state index in [-0.39, 0.29) is 17.5 Å². The second-order valence-corrected chi connectivity index (χ2v) is 8.45. The van der Waals surface area contributed by atoms with Gasteiger partial charge in [0.25, 0.3) is 0 Å². The number of likely N-dealkylation sites (N-methyl/N-ethyl adjacent to an activating group) is 1. The summed E-state index contributed by atoms with van der Waals surface area (Å²) >= 11 is 1.72. The number of thiophene rings is 1. The second kappa shape index (κ2) is 7.25. The van der Waals surface area contributed by atoms with Gasteiger partial charge < -0.3 is 5.32 Å². The highest BCUT2D eigenvalue weighted by molar-refractivity contribution is 7.09. The highest BCUT2D eigenvalue weighted by Gasteiger charge is 2.32. The van der Waals surface area contributed by atoms with Gasteiger partial charge >= 0.3 is 0 Å². The van der Waals surface area contributed by atoms with E-state index in [1.54, 1.807) is 11.3 Å². The maximum atomic E-state index is 12.4. The van der Waals surface area contributed by atoms with Crippen LogP contribution < -0.4 is 5.32 Å². The van der Waals surface area contributed by atoms with Crippen molar-refractivity contribution in [2.75, 3.05) is 19.6 Å². The first-order chi connectivity index (χ1) is 11.9. The summed E-state index contributed by atoms with van der Waals surface area (Å²) in [6, 6.07) is 3.99. The lowest BCUT2D eigenvalue weighted by molar-refractivity contribution is -0.128. The third-order valence-electron chi connectivity index (χ3n) is 4.49. The molecule has 1 fully saturated rings. The zero-order valence-corrected chi connectivity index (χ0v) is 16.3. The number of hydrogen-bond acceptors (Lipinski definition) is 5. The lowest BCUT2D eigenvalue weighted by atomic mass is 10.1. The predicted molar refractivity (Wildman–Crippen MR) is 99.9 cm³/mol. The van der Waals surface area contributed by atoms with E-state index in [1.807, 2.05) is 10.7 Å². The molecule has 2 aromatic heterocycles. The summed E-state index contributed by atoms with van der Waals surface area (Å²) < 4.78 is 1.99. The Morgan fingerprint density at radius 1 is 1.40 bits per heavy atom. The van der Waals surface area contributed by atoms with Gasteiger partial charge in [-0.05, 0) is 38.8 Å². The molecule has 1 aliphatic rings. The van der Waals surface area contributed by atoms with Crippen molar-refractivity contribution in [3.63, 3.8) is 0 Å². The van der Waals surface area contributed by atoms with Crippen LogP contribution >= 0.6 is 11.3 Å². The first kappa shape index (κ1) is 18.1. The van der Waals surface area contributed by atoms with Gasteiger partial charge in [-0.3, -0.25) is 9.69 Å². The molecule has 0 bridgehead atoms. The van der Waals surface area contributed by atoms with Gasteiger partial charge in [-0.1, -0.05) is 13.0 Å². The molecule has 0 unspecified atom stereocenters. The Bertz CT molecular complexity index is 716. The Labute approximate surface area is 153 Å². The molecule has 0 saturated carbocycles. The summed E-state index contributed by atoms with van der Waals surface area (Å²) in [5.74, 6) is 1.81. The molecule has 1 saturated heterocycles. The fraction of sp³-hybridized carbons (Fsp3) is 0.611. The molecule has 6 nitrogen and oxygen atoms in total. The molecule has 0 aliphatic carbocycles. The average molecular weight is 362 g/mol. The minimum atomic E-state index is -0.168. The van der Waals surface area contributed by atoms with Crippen LogP contribution in [-0.4, -0.2) is 51.2 Å². The van der Waals surface area contributed by atoms with E-state index >= 15 is 0 Å². The first-order valence-corrected chi connectivity index (χ1v) is 9.76. The van der Waals surface area contributed by atoms with Crippen molar-refractivity contribution in [3.8, 4) is 0 Å². The molecule has 7 heteroatoms. The van der Waals surface area contributed by atoms with Crippen LogP contribution in [0.2, 0.25) is 0 Å². The molecule has 3 heterocycles. The molecule has 1 atom stereocenters.